The Kier molecular flexibility index (Phi) is 5.35. The fourth-order valence-electron chi connectivity index (χ4n) is 3.14. The molecule has 1 saturated heterocycles. The van der Waals surface area contributed by atoms with E-state index in [2.05, 4.69) is 4.98 Å². The van der Waals surface area contributed by atoms with Gasteiger partial charge in [-0.05, 0) is 43.2 Å². The number of amides is 1. The second-order valence-corrected chi connectivity index (χ2v) is 6.52. The van der Waals surface area contributed by atoms with Crippen LogP contribution in [0.5, 0.6) is 11.5 Å². The van der Waals surface area contributed by atoms with E-state index in [9.17, 15) is 4.79 Å². The molecule has 1 aromatic carbocycles. The molecular weight excluding hydrogens is 363 g/mol. The average Bonchev–Trinajstić information content (AvgIpc) is 3.12. The molecule has 3 rings (SSSR count). The van der Waals surface area contributed by atoms with Gasteiger partial charge in [-0.15, -0.1) is 0 Å². The summed E-state index contributed by atoms with van der Waals surface area (Å²) in [5, 5.41) is 0.528. The average molecular weight is 381 g/mol. The summed E-state index contributed by atoms with van der Waals surface area (Å²) in [6, 6.07) is 8.60. The second kappa shape index (κ2) is 7.50. The minimum atomic E-state index is -0.236. The van der Waals surface area contributed by atoms with Crippen molar-refractivity contribution in [3.63, 3.8) is 0 Å². The van der Waals surface area contributed by atoms with Crippen molar-refractivity contribution < 1.29 is 14.3 Å². The van der Waals surface area contributed by atoms with E-state index in [1.807, 2.05) is 18.2 Å². The van der Waals surface area contributed by atoms with Crippen molar-refractivity contribution in [2.24, 2.45) is 0 Å². The maximum atomic E-state index is 13.0. The number of hydrogen-bond acceptors (Lipinski definition) is 4. The molecule has 0 bridgehead atoms. The highest BCUT2D eigenvalue weighted by Crippen LogP contribution is 2.39. The highest BCUT2D eigenvalue weighted by atomic mass is 35.5. The lowest BCUT2D eigenvalue weighted by atomic mass is 10.0. The molecule has 1 atom stereocenters. The smallest absolute Gasteiger partial charge is 0.274 e. The van der Waals surface area contributed by atoms with Crippen molar-refractivity contribution in [2.75, 3.05) is 20.8 Å². The van der Waals surface area contributed by atoms with Gasteiger partial charge in [0, 0.05) is 12.1 Å². The molecule has 25 heavy (non-hydrogen) atoms. The molecule has 0 N–H and O–H groups in total. The van der Waals surface area contributed by atoms with Gasteiger partial charge in [0.25, 0.3) is 5.91 Å². The summed E-state index contributed by atoms with van der Waals surface area (Å²) in [6.07, 6.45) is 1.71. The SMILES string of the molecule is COc1ccc(OC)c(C2CCCN2C(=O)c2nc(Cl)ccc2Cl)c1. The molecule has 1 unspecified atom stereocenters. The molecule has 1 amide bonds. The Bertz CT molecular complexity index is 798. The zero-order valence-electron chi connectivity index (χ0n) is 14.0. The number of pyridine rings is 1. The van der Waals surface area contributed by atoms with E-state index >= 15 is 0 Å². The van der Waals surface area contributed by atoms with Crippen molar-refractivity contribution in [3.8, 4) is 11.5 Å². The van der Waals surface area contributed by atoms with E-state index in [-0.39, 0.29) is 27.8 Å². The van der Waals surface area contributed by atoms with E-state index < -0.39 is 0 Å². The van der Waals surface area contributed by atoms with Gasteiger partial charge < -0.3 is 14.4 Å². The van der Waals surface area contributed by atoms with E-state index in [1.165, 1.54) is 0 Å². The quantitative estimate of drug-likeness (QED) is 0.738. The van der Waals surface area contributed by atoms with Gasteiger partial charge in [0.15, 0.2) is 0 Å². The molecule has 2 heterocycles. The summed E-state index contributed by atoms with van der Waals surface area (Å²) < 4.78 is 10.8. The predicted octanol–water partition coefficient (Wildman–Crippen LogP) is 4.38. The van der Waals surface area contributed by atoms with Crippen LogP contribution >= 0.6 is 23.2 Å². The van der Waals surface area contributed by atoms with E-state index in [0.29, 0.717) is 12.3 Å². The predicted molar refractivity (Wildman–Crippen MR) is 96.8 cm³/mol. The third-order valence-electron chi connectivity index (χ3n) is 4.32. The van der Waals surface area contributed by atoms with E-state index in [0.717, 1.165) is 24.2 Å². The van der Waals surface area contributed by atoms with Crippen LogP contribution in [0.15, 0.2) is 30.3 Å². The van der Waals surface area contributed by atoms with Crippen LogP contribution in [0, 0.1) is 0 Å². The number of nitrogens with zero attached hydrogens (tertiary/aromatic N) is 2. The second-order valence-electron chi connectivity index (χ2n) is 5.73. The summed E-state index contributed by atoms with van der Waals surface area (Å²) >= 11 is 12.1. The number of likely N-dealkylation sites (tertiary alicyclic amines) is 1. The van der Waals surface area contributed by atoms with Gasteiger partial charge in [-0.25, -0.2) is 4.98 Å². The highest BCUT2D eigenvalue weighted by Gasteiger charge is 2.34. The Hall–Kier alpha value is -1.98. The number of carbonyl (C=O) groups excluding carboxylic acids is 1. The Balaban J connectivity index is 1.98. The Morgan fingerprint density at radius 3 is 2.72 bits per heavy atom. The Morgan fingerprint density at radius 2 is 2.00 bits per heavy atom. The molecule has 2 aromatic rings. The topological polar surface area (TPSA) is 51.7 Å². The molecule has 0 radical (unpaired) electrons. The van der Waals surface area contributed by atoms with E-state index in [4.69, 9.17) is 32.7 Å². The van der Waals surface area contributed by atoms with Crippen molar-refractivity contribution in [2.45, 2.75) is 18.9 Å². The monoisotopic (exact) mass is 380 g/mol. The van der Waals surface area contributed by atoms with Crippen LogP contribution < -0.4 is 9.47 Å². The van der Waals surface area contributed by atoms with Gasteiger partial charge in [0.2, 0.25) is 0 Å². The van der Waals surface area contributed by atoms with Gasteiger partial charge in [0.1, 0.15) is 22.3 Å². The first-order valence-corrected chi connectivity index (χ1v) is 8.65. The normalized spacial score (nSPS) is 16.8. The molecule has 1 aromatic heterocycles. The fraction of sp³-hybridized carbons (Fsp3) is 0.333. The maximum absolute atomic E-state index is 13.0. The van der Waals surface area contributed by atoms with Gasteiger partial charge >= 0.3 is 0 Å². The number of carbonyl (C=O) groups is 1. The van der Waals surface area contributed by atoms with Crippen LogP contribution in [0.2, 0.25) is 10.2 Å². The lowest BCUT2D eigenvalue weighted by Crippen LogP contribution is -2.31. The molecule has 1 fully saturated rings. The summed E-state index contributed by atoms with van der Waals surface area (Å²) in [4.78, 5) is 18.9. The maximum Gasteiger partial charge on any atom is 0.274 e. The minimum Gasteiger partial charge on any atom is -0.497 e. The number of ether oxygens (including phenoxy) is 2. The molecule has 132 valence electrons. The number of hydrogen-bond donors (Lipinski definition) is 0. The number of methoxy groups -OCH3 is 2. The molecule has 7 heteroatoms. The number of aromatic nitrogens is 1. The van der Waals surface area contributed by atoms with Crippen LogP contribution in [-0.2, 0) is 0 Å². The van der Waals surface area contributed by atoms with Crippen molar-refractivity contribution in [1.82, 2.24) is 9.88 Å². The number of benzene rings is 1. The number of rotatable bonds is 4. The highest BCUT2D eigenvalue weighted by molar-refractivity contribution is 6.34. The summed E-state index contributed by atoms with van der Waals surface area (Å²) in [7, 11) is 3.22. The Labute approximate surface area is 156 Å². The first-order valence-electron chi connectivity index (χ1n) is 7.90. The first-order chi connectivity index (χ1) is 12.0. The van der Waals surface area contributed by atoms with Crippen LogP contribution in [0.1, 0.15) is 34.9 Å². The standard InChI is InChI=1S/C18H18Cl2N2O3/c1-24-11-5-7-15(25-2)12(10-11)14-4-3-9-22(14)18(23)17-13(19)6-8-16(20)21-17/h5-8,10,14H,3-4,9H2,1-2H3. The molecular formula is C18H18Cl2N2O3. The van der Waals surface area contributed by atoms with Gasteiger partial charge in [-0.1, -0.05) is 23.2 Å². The van der Waals surface area contributed by atoms with Gasteiger partial charge in [-0.3, -0.25) is 4.79 Å². The van der Waals surface area contributed by atoms with E-state index in [1.54, 1.807) is 31.3 Å². The fourth-order valence-corrected chi connectivity index (χ4v) is 3.47. The zero-order chi connectivity index (χ0) is 18.0. The van der Waals surface area contributed by atoms with Crippen LogP contribution in [0.25, 0.3) is 0 Å². The van der Waals surface area contributed by atoms with Crippen LogP contribution in [0.3, 0.4) is 0 Å². The summed E-state index contributed by atoms with van der Waals surface area (Å²) in [5.74, 6) is 1.20. The van der Waals surface area contributed by atoms with Crippen molar-refractivity contribution in [1.29, 1.82) is 0 Å². The zero-order valence-corrected chi connectivity index (χ0v) is 15.5. The minimum absolute atomic E-state index is 0.130. The largest absolute Gasteiger partial charge is 0.497 e. The summed E-state index contributed by atoms with van der Waals surface area (Å²) in [5.41, 5.74) is 1.08. The van der Waals surface area contributed by atoms with Gasteiger partial charge in [0.05, 0.1) is 25.3 Å². The molecule has 1 aliphatic heterocycles. The first kappa shape index (κ1) is 17.8. The lowest BCUT2D eigenvalue weighted by molar-refractivity contribution is 0.0728. The third-order valence-corrected chi connectivity index (χ3v) is 4.84. The van der Waals surface area contributed by atoms with Crippen LogP contribution in [0.4, 0.5) is 0 Å². The Morgan fingerprint density at radius 1 is 1.20 bits per heavy atom. The third kappa shape index (κ3) is 3.53. The number of halogens is 2. The molecule has 1 aliphatic rings. The lowest BCUT2D eigenvalue weighted by Gasteiger charge is -2.26. The molecule has 0 saturated carbocycles. The van der Waals surface area contributed by atoms with Crippen molar-refractivity contribution >= 4 is 29.1 Å². The molecule has 5 nitrogen and oxygen atoms in total. The molecule has 0 aliphatic carbocycles. The molecule has 0 spiro atoms. The van der Waals surface area contributed by atoms with Crippen LogP contribution in [-0.4, -0.2) is 36.6 Å². The van der Waals surface area contributed by atoms with Crippen molar-refractivity contribution in [3.05, 3.63) is 51.8 Å². The summed E-state index contributed by atoms with van der Waals surface area (Å²) in [6.45, 7) is 0.619. The van der Waals surface area contributed by atoms with Gasteiger partial charge in [-0.2, -0.15) is 0 Å².